The number of carbonyl (C=O) groups excluding carboxylic acids is 1. The molecule has 0 saturated heterocycles. The van der Waals surface area contributed by atoms with Crippen LogP contribution in [0.1, 0.15) is 5.56 Å². The van der Waals surface area contributed by atoms with Crippen molar-refractivity contribution in [3.8, 4) is 17.2 Å². The van der Waals surface area contributed by atoms with Crippen molar-refractivity contribution in [2.45, 2.75) is 6.42 Å². The van der Waals surface area contributed by atoms with E-state index < -0.39 is 0 Å². The van der Waals surface area contributed by atoms with Gasteiger partial charge < -0.3 is 14.2 Å². The van der Waals surface area contributed by atoms with Crippen LogP contribution in [-0.2, 0) is 11.2 Å². The zero-order valence-electron chi connectivity index (χ0n) is 13.0. The third-order valence-corrected chi connectivity index (χ3v) is 3.91. The van der Waals surface area contributed by atoms with E-state index in [0.717, 1.165) is 16.3 Å². The van der Waals surface area contributed by atoms with Gasteiger partial charge in [0, 0.05) is 0 Å². The molecule has 0 aromatic heterocycles. The highest BCUT2D eigenvalue weighted by Crippen LogP contribution is 2.31. The van der Waals surface area contributed by atoms with Gasteiger partial charge in [0.1, 0.15) is 19.0 Å². The Kier molecular flexibility index (Phi) is 3.79. The maximum atomic E-state index is 12.2. The van der Waals surface area contributed by atoms with Crippen LogP contribution in [0.15, 0.2) is 60.7 Å². The van der Waals surface area contributed by atoms with E-state index in [-0.39, 0.29) is 12.4 Å². The average molecular weight is 320 g/mol. The van der Waals surface area contributed by atoms with Crippen LogP contribution in [0.5, 0.6) is 17.2 Å². The van der Waals surface area contributed by atoms with Crippen LogP contribution in [0, 0.1) is 0 Å². The molecule has 0 bridgehead atoms. The minimum absolute atomic E-state index is 0.184. The lowest BCUT2D eigenvalue weighted by atomic mass is 10.1. The molecule has 0 atom stereocenters. The molecule has 0 radical (unpaired) electrons. The van der Waals surface area contributed by atoms with Crippen LogP contribution in [0.2, 0.25) is 0 Å². The van der Waals surface area contributed by atoms with E-state index >= 15 is 0 Å². The normalized spacial score (nSPS) is 12.8. The SMILES string of the molecule is O=C(Cc1ccc2c(c1)OCCO2)Oc1ccc2ccccc2c1. The van der Waals surface area contributed by atoms with Gasteiger partial charge in [0.15, 0.2) is 11.5 Å². The second kappa shape index (κ2) is 6.24. The predicted molar refractivity (Wildman–Crippen MR) is 90.7 cm³/mol. The van der Waals surface area contributed by atoms with Gasteiger partial charge in [-0.2, -0.15) is 0 Å². The fourth-order valence-corrected chi connectivity index (χ4v) is 2.76. The number of esters is 1. The zero-order valence-corrected chi connectivity index (χ0v) is 13.0. The zero-order chi connectivity index (χ0) is 16.4. The van der Waals surface area contributed by atoms with E-state index in [0.29, 0.717) is 30.5 Å². The first-order chi connectivity index (χ1) is 11.8. The van der Waals surface area contributed by atoms with E-state index in [1.165, 1.54) is 0 Å². The highest BCUT2D eigenvalue weighted by atomic mass is 16.6. The molecule has 3 aromatic carbocycles. The van der Waals surface area contributed by atoms with Crippen molar-refractivity contribution in [3.05, 3.63) is 66.2 Å². The van der Waals surface area contributed by atoms with Crippen LogP contribution in [-0.4, -0.2) is 19.2 Å². The number of carbonyl (C=O) groups is 1. The van der Waals surface area contributed by atoms with Crippen LogP contribution in [0.25, 0.3) is 10.8 Å². The molecule has 4 heteroatoms. The van der Waals surface area contributed by atoms with Crippen LogP contribution in [0.3, 0.4) is 0 Å². The van der Waals surface area contributed by atoms with E-state index in [4.69, 9.17) is 14.2 Å². The van der Waals surface area contributed by atoms with Gasteiger partial charge in [-0.3, -0.25) is 4.79 Å². The first-order valence-electron chi connectivity index (χ1n) is 7.86. The summed E-state index contributed by atoms with van der Waals surface area (Å²) in [7, 11) is 0. The molecule has 0 saturated carbocycles. The molecule has 1 aliphatic heterocycles. The Morgan fingerprint density at radius 3 is 2.54 bits per heavy atom. The van der Waals surface area contributed by atoms with E-state index in [1.807, 2.05) is 60.7 Å². The number of fused-ring (bicyclic) bond motifs is 2. The van der Waals surface area contributed by atoms with Crippen LogP contribution < -0.4 is 14.2 Å². The standard InChI is InChI=1S/C20H16O4/c21-20(12-14-5-8-18-19(11-14)23-10-9-22-18)24-17-7-6-15-3-1-2-4-16(15)13-17/h1-8,11,13H,9-10,12H2. The lowest BCUT2D eigenvalue weighted by Gasteiger charge is -2.18. The molecule has 24 heavy (non-hydrogen) atoms. The Bertz CT molecular complexity index is 901. The number of hydrogen-bond donors (Lipinski definition) is 0. The minimum Gasteiger partial charge on any atom is -0.486 e. The van der Waals surface area contributed by atoms with Gasteiger partial charge >= 0.3 is 5.97 Å². The molecule has 4 nitrogen and oxygen atoms in total. The average Bonchev–Trinajstić information content (AvgIpc) is 2.61. The van der Waals surface area contributed by atoms with E-state index in [1.54, 1.807) is 0 Å². The van der Waals surface area contributed by atoms with Crippen molar-refractivity contribution in [2.24, 2.45) is 0 Å². The number of ether oxygens (including phenoxy) is 3. The first kappa shape index (κ1) is 14.6. The molecule has 0 fully saturated rings. The predicted octanol–water partition coefficient (Wildman–Crippen LogP) is 3.76. The Morgan fingerprint density at radius 1 is 0.875 bits per heavy atom. The summed E-state index contributed by atoms with van der Waals surface area (Å²) in [4.78, 5) is 12.2. The second-order valence-electron chi connectivity index (χ2n) is 5.64. The van der Waals surface area contributed by atoms with Crippen molar-refractivity contribution < 1.29 is 19.0 Å². The third kappa shape index (κ3) is 3.04. The first-order valence-corrected chi connectivity index (χ1v) is 7.86. The summed E-state index contributed by atoms with van der Waals surface area (Å²) in [5.41, 5.74) is 0.838. The van der Waals surface area contributed by atoms with Gasteiger partial charge in [-0.05, 0) is 40.6 Å². The molecule has 1 heterocycles. The molecule has 3 aromatic rings. The lowest BCUT2D eigenvalue weighted by Crippen LogP contribution is -2.16. The van der Waals surface area contributed by atoms with Crippen LogP contribution in [0.4, 0.5) is 0 Å². The van der Waals surface area contributed by atoms with Gasteiger partial charge in [0.05, 0.1) is 6.42 Å². The Labute approximate surface area is 139 Å². The fraction of sp³-hybridized carbons (Fsp3) is 0.150. The number of benzene rings is 3. The van der Waals surface area contributed by atoms with E-state index in [9.17, 15) is 4.79 Å². The Hall–Kier alpha value is -3.01. The molecule has 0 aliphatic carbocycles. The molecule has 1 aliphatic rings. The van der Waals surface area contributed by atoms with Crippen molar-refractivity contribution in [1.82, 2.24) is 0 Å². The summed E-state index contributed by atoms with van der Waals surface area (Å²) >= 11 is 0. The molecule has 120 valence electrons. The topological polar surface area (TPSA) is 44.8 Å². The smallest absolute Gasteiger partial charge is 0.315 e. The fourth-order valence-electron chi connectivity index (χ4n) is 2.76. The monoisotopic (exact) mass is 320 g/mol. The molecule has 0 unspecified atom stereocenters. The third-order valence-electron chi connectivity index (χ3n) is 3.91. The van der Waals surface area contributed by atoms with Crippen molar-refractivity contribution in [2.75, 3.05) is 13.2 Å². The van der Waals surface area contributed by atoms with Crippen LogP contribution >= 0.6 is 0 Å². The quantitative estimate of drug-likeness (QED) is 0.544. The van der Waals surface area contributed by atoms with Crippen molar-refractivity contribution >= 4 is 16.7 Å². The molecule has 4 rings (SSSR count). The van der Waals surface area contributed by atoms with Crippen molar-refractivity contribution in [1.29, 1.82) is 0 Å². The maximum Gasteiger partial charge on any atom is 0.315 e. The van der Waals surface area contributed by atoms with Crippen molar-refractivity contribution in [3.63, 3.8) is 0 Å². The Balaban J connectivity index is 1.47. The maximum absolute atomic E-state index is 12.2. The summed E-state index contributed by atoms with van der Waals surface area (Å²) in [5.74, 6) is 1.64. The highest BCUT2D eigenvalue weighted by molar-refractivity contribution is 5.85. The summed E-state index contributed by atoms with van der Waals surface area (Å²) in [6.07, 6.45) is 0.184. The van der Waals surface area contributed by atoms with Gasteiger partial charge in [-0.15, -0.1) is 0 Å². The second-order valence-corrected chi connectivity index (χ2v) is 5.64. The molecule has 0 spiro atoms. The lowest BCUT2D eigenvalue weighted by molar-refractivity contribution is -0.133. The largest absolute Gasteiger partial charge is 0.486 e. The number of rotatable bonds is 3. The van der Waals surface area contributed by atoms with Gasteiger partial charge in [-0.1, -0.05) is 36.4 Å². The van der Waals surface area contributed by atoms with Gasteiger partial charge in [0.2, 0.25) is 0 Å². The van der Waals surface area contributed by atoms with E-state index in [2.05, 4.69) is 0 Å². The van der Waals surface area contributed by atoms with Gasteiger partial charge in [0.25, 0.3) is 0 Å². The molecular formula is C20H16O4. The summed E-state index contributed by atoms with van der Waals surface area (Å²) in [5, 5.41) is 2.16. The molecular weight excluding hydrogens is 304 g/mol. The summed E-state index contributed by atoms with van der Waals surface area (Å²) in [6, 6.07) is 19.1. The van der Waals surface area contributed by atoms with Gasteiger partial charge in [-0.25, -0.2) is 0 Å². The molecule has 0 amide bonds. The highest BCUT2D eigenvalue weighted by Gasteiger charge is 2.14. The summed E-state index contributed by atoms with van der Waals surface area (Å²) < 4.78 is 16.5. The minimum atomic E-state index is -0.304. The molecule has 0 N–H and O–H groups in total. The summed E-state index contributed by atoms with van der Waals surface area (Å²) in [6.45, 7) is 1.08. The Morgan fingerprint density at radius 2 is 1.67 bits per heavy atom. The number of hydrogen-bond acceptors (Lipinski definition) is 4.